The number of nitrogen functional groups attached to an aromatic ring is 1. The first-order valence-electron chi connectivity index (χ1n) is 6.02. The Labute approximate surface area is 111 Å². The Hall–Kier alpha value is -2.24. The number of anilines is 1. The lowest BCUT2D eigenvalue weighted by atomic mass is 10.1. The highest BCUT2D eigenvalue weighted by molar-refractivity contribution is 6.02. The van der Waals surface area contributed by atoms with Crippen molar-refractivity contribution in [2.45, 2.75) is 12.5 Å². The predicted molar refractivity (Wildman–Crippen MR) is 70.9 cm³/mol. The molecule has 2 amide bonds. The van der Waals surface area contributed by atoms with Gasteiger partial charge in [-0.05, 0) is 24.6 Å². The molecule has 1 atom stereocenters. The standard InChI is InChI=1S/C13H17N3O3/c1-16-6-5-11(13(16)18)15-12(17)9-7-8(19-2)3-4-10(9)14/h3-4,7,11H,5-6,14H2,1-2H3,(H,15,17). The lowest BCUT2D eigenvalue weighted by Gasteiger charge is -2.13. The minimum atomic E-state index is -0.469. The number of likely N-dealkylation sites (tertiary alicyclic amines) is 1. The molecule has 6 heteroatoms. The van der Waals surface area contributed by atoms with E-state index < -0.39 is 6.04 Å². The largest absolute Gasteiger partial charge is 0.497 e. The fourth-order valence-corrected chi connectivity index (χ4v) is 2.05. The van der Waals surface area contributed by atoms with Gasteiger partial charge in [0.2, 0.25) is 5.91 Å². The first kappa shape index (κ1) is 13.2. The zero-order chi connectivity index (χ0) is 14.0. The second-order valence-corrected chi connectivity index (χ2v) is 4.53. The molecule has 1 saturated heterocycles. The summed E-state index contributed by atoms with van der Waals surface area (Å²) in [4.78, 5) is 25.5. The van der Waals surface area contributed by atoms with Crippen molar-refractivity contribution >= 4 is 17.5 Å². The molecule has 6 nitrogen and oxygen atoms in total. The second kappa shape index (κ2) is 5.17. The Morgan fingerprint density at radius 3 is 2.84 bits per heavy atom. The van der Waals surface area contributed by atoms with Crippen molar-refractivity contribution in [1.29, 1.82) is 0 Å². The van der Waals surface area contributed by atoms with Crippen LogP contribution in [0.2, 0.25) is 0 Å². The smallest absolute Gasteiger partial charge is 0.254 e. The van der Waals surface area contributed by atoms with E-state index in [-0.39, 0.29) is 11.8 Å². The molecule has 1 unspecified atom stereocenters. The number of carbonyl (C=O) groups excluding carboxylic acids is 2. The van der Waals surface area contributed by atoms with Crippen LogP contribution >= 0.6 is 0 Å². The molecule has 1 aromatic carbocycles. The van der Waals surface area contributed by atoms with E-state index in [0.29, 0.717) is 30.0 Å². The average Bonchev–Trinajstić information content (AvgIpc) is 2.71. The molecule has 1 heterocycles. The monoisotopic (exact) mass is 263 g/mol. The molecule has 0 bridgehead atoms. The third-order valence-corrected chi connectivity index (χ3v) is 3.24. The number of carbonyl (C=O) groups is 2. The molecule has 19 heavy (non-hydrogen) atoms. The van der Waals surface area contributed by atoms with Gasteiger partial charge in [-0.15, -0.1) is 0 Å². The van der Waals surface area contributed by atoms with Gasteiger partial charge in [0.25, 0.3) is 5.91 Å². The van der Waals surface area contributed by atoms with Gasteiger partial charge in [0.15, 0.2) is 0 Å². The lowest BCUT2D eigenvalue weighted by Crippen LogP contribution is -2.40. The Kier molecular flexibility index (Phi) is 3.59. The van der Waals surface area contributed by atoms with E-state index in [1.54, 1.807) is 30.1 Å². The summed E-state index contributed by atoms with van der Waals surface area (Å²) in [6.45, 7) is 0.650. The van der Waals surface area contributed by atoms with Crippen LogP contribution in [0.1, 0.15) is 16.8 Å². The molecule has 3 N–H and O–H groups in total. The maximum absolute atomic E-state index is 12.1. The van der Waals surface area contributed by atoms with Gasteiger partial charge >= 0.3 is 0 Å². The molecule has 1 aliphatic rings. The fraction of sp³-hybridized carbons (Fsp3) is 0.385. The first-order valence-corrected chi connectivity index (χ1v) is 6.02. The third-order valence-electron chi connectivity index (χ3n) is 3.24. The Balaban J connectivity index is 2.14. The van der Waals surface area contributed by atoms with Crippen LogP contribution in [0.4, 0.5) is 5.69 Å². The van der Waals surface area contributed by atoms with Crippen LogP contribution in [-0.4, -0.2) is 43.5 Å². The molecule has 0 radical (unpaired) electrons. The summed E-state index contributed by atoms with van der Waals surface area (Å²) < 4.78 is 5.06. The summed E-state index contributed by atoms with van der Waals surface area (Å²) >= 11 is 0. The highest BCUT2D eigenvalue weighted by Crippen LogP contribution is 2.20. The van der Waals surface area contributed by atoms with E-state index in [4.69, 9.17) is 10.5 Å². The number of nitrogens with two attached hydrogens (primary N) is 1. The maximum atomic E-state index is 12.1. The van der Waals surface area contributed by atoms with Gasteiger partial charge in [0.05, 0.1) is 12.7 Å². The number of hydrogen-bond donors (Lipinski definition) is 2. The van der Waals surface area contributed by atoms with E-state index in [9.17, 15) is 9.59 Å². The molecule has 0 saturated carbocycles. The molecule has 1 aromatic rings. The first-order chi connectivity index (χ1) is 9.02. The van der Waals surface area contributed by atoms with Gasteiger partial charge in [0.1, 0.15) is 11.8 Å². The second-order valence-electron chi connectivity index (χ2n) is 4.53. The van der Waals surface area contributed by atoms with Gasteiger partial charge < -0.3 is 20.7 Å². The van der Waals surface area contributed by atoms with Crippen molar-refractivity contribution in [2.24, 2.45) is 0 Å². The Morgan fingerprint density at radius 1 is 1.53 bits per heavy atom. The molecule has 1 aliphatic heterocycles. The quantitative estimate of drug-likeness (QED) is 0.765. The van der Waals surface area contributed by atoms with Crippen LogP contribution in [0.25, 0.3) is 0 Å². The topological polar surface area (TPSA) is 84.7 Å². The number of ether oxygens (including phenoxy) is 1. The summed E-state index contributed by atoms with van der Waals surface area (Å²) in [6, 6.07) is 4.38. The van der Waals surface area contributed by atoms with Crippen molar-refractivity contribution in [3.05, 3.63) is 23.8 Å². The predicted octanol–water partition coefficient (Wildman–Crippen LogP) is 0.238. The molecule has 1 fully saturated rings. The summed E-state index contributed by atoms with van der Waals surface area (Å²) in [6.07, 6.45) is 0.616. The van der Waals surface area contributed by atoms with E-state index in [0.717, 1.165) is 0 Å². The minimum absolute atomic E-state index is 0.0742. The maximum Gasteiger partial charge on any atom is 0.254 e. The zero-order valence-electron chi connectivity index (χ0n) is 11.0. The summed E-state index contributed by atoms with van der Waals surface area (Å²) in [7, 11) is 3.23. The Morgan fingerprint density at radius 2 is 2.26 bits per heavy atom. The fourth-order valence-electron chi connectivity index (χ4n) is 2.05. The van der Waals surface area contributed by atoms with Crippen LogP contribution in [0.3, 0.4) is 0 Å². The molecule has 0 spiro atoms. The Bertz CT molecular complexity index is 516. The highest BCUT2D eigenvalue weighted by atomic mass is 16.5. The van der Waals surface area contributed by atoms with E-state index in [1.165, 1.54) is 7.11 Å². The van der Waals surface area contributed by atoms with Crippen LogP contribution in [0, 0.1) is 0 Å². The van der Waals surface area contributed by atoms with Crippen molar-refractivity contribution in [3.8, 4) is 5.75 Å². The van der Waals surface area contributed by atoms with E-state index in [1.807, 2.05) is 0 Å². The van der Waals surface area contributed by atoms with Crippen LogP contribution in [0.15, 0.2) is 18.2 Å². The molecule has 102 valence electrons. The minimum Gasteiger partial charge on any atom is -0.497 e. The molecular weight excluding hydrogens is 246 g/mol. The average molecular weight is 263 g/mol. The number of benzene rings is 1. The normalized spacial score (nSPS) is 18.5. The van der Waals surface area contributed by atoms with Gasteiger partial charge in [-0.25, -0.2) is 0 Å². The number of likely N-dealkylation sites (N-methyl/N-ethyl adjacent to an activating group) is 1. The van der Waals surface area contributed by atoms with Crippen molar-refractivity contribution in [1.82, 2.24) is 10.2 Å². The van der Waals surface area contributed by atoms with E-state index in [2.05, 4.69) is 5.32 Å². The van der Waals surface area contributed by atoms with Crippen LogP contribution in [0.5, 0.6) is 5.75 Å². The van der Waals surface area contributed by atoms with Gasteiger partial charge in [-0.3, -0.25) is 9.59 Å². The van der Waals surface area contributed by atoms with E-state index >= 15 is 0 Å². The molecule has 2 rings (SSSR count). The zero-order valence-corrected chi connectivity index (χ0v) is 11.0. The van der Waals surface area contributed by atoms with Gasteiger partial charge in [0, 0.05) is 19.3 Å². The lowest BCUT2D eigenvalue weighted by molar-refractivity contribution is -0.128. The number of methoxy groups -OCH3 is 1. The third kappa shape index (κ3) is 2.62. The number of nitrogens with one attached hydrogen (secondary N) is 1. The number of rotatable bonds is 3. The summed E-state index contributed by atoms with van der Waals surface area (Å²) in [5.74, 6) is 0.120. The SMILES string of the molecule is COc1ccc(N)c(C(=O)NC2CCN(C)C2=O)c1. The molecule has 0 aromatic heterocycles. The highest BCUT2D eigenvalue weighted by Gasteiger charge is 2.30. The van der Waals surface area contributed by atoms with Crippen molar-refractivity contribution in [3.63, 3.8) is 0 Å². The van der Waals surface area contributed by atoms with Gasteiger partial charge in [-0.2, -0.15) is 0 Å². The van der Waals surface area contributed by atoms with Gasteiger partial charge in [-0.1, -0.05) is 0 Å². The number of amides is 2. The van der Waals surface area contributed by atoms with Crippen LogP contribution in [-0.2, 0) is 4.79 Å². The molecular formula is C13H17N3O3. The van der Waals surface area contributed by atoms with Crippen molar-refractivity contribution in [2.75, 3.05) is 26.4 Å². The molecule has 0 aliphatic carbocycles. The summed E-state index contributed by atoms with van der Waals surface area (Å²) in [5, 5.41) is 2.70. The number of nitrogens with zero attached hydrogens (tertiary/aromatic N) is 1. The summed E-state index contributed by atoms with van der Waals surface area (Å²) in [5.41, 5.74) is 6.45. The van der Waals surface area contributed by atoms with Crippen LogP contribution < -0.4 is 15.8 Å². The van der Waals surface area contributed by atoms with Crippen molar-refractivity contribution < 1.29 is 14.3 Å². The number of hydrogen-bond acceptors (Lipinski definition) is 4.